The Balaban J connectivity index is 2.11. The molecule has 0 N–H and O–H groups in total. The molecule has 4 heteroatoms. The van der Waals surface area contributed by atoms with Crippen molar-refractivity contribution in [2.75, 3.05) is 7.11 Å². The average Bonchev–Trinajstić information content (AvgIpc) is 2.94. The number of benzene rings is 2. The summed E-state index contributed by atoms with van der Waals surface area (Å²) in [6, 6.07) is 18.0. The van der Waals surface area contributed by atoms with Crippen LogP contribution in [0.15, 0.2) is 60.8 Å². The lowest BCUT2D eigenvalue weighted by Gasteiger charge is -2.05. The molecule has 0 unspecified atom stereocenters. The van der Waals surface area contributed by atoms with Crippen molar-refractivity contribution in [1.29, 1.82) is 0 Å². The molecule has 0 bridgehead atoms. The van der Waals surface area contributed by atoms with Gasteiger partial charge in [0.1, 0.15) is 5.52 Å². The van der Waals surface area contributed by atoms with E-state index in [1.807, 2.05) is 65.5 Å². The number of pyridine rings is 1. The molecule has 0 aliphatic rings. The van der Waals surface area contributed by atoms with Gasteiger partial charge in [-0.1, -0.05) is 36.4 Å². The van der Waals surface area contributed by atoms with Crippen LogP contribution in [0, 0.1) is 0 Å². The highest BCUT2D eigenvalue weighted by Crippen LogP contribution is 2.31. The van der Waals surface area contributed by atoms with Crippen LogP contribution in [0.1, 0.15) is 0 Å². The summed E-state index contributed by atoms with van der Waals surface area (Å²) < 4.78 is 7.38. The number of methoxy groups -OCH3 is 1. The molecule has 0 saturated carbocycles. The second-order valence-electron chi connectivity index (χ2n) is 4.79. The Morgan fingerprint density at radius 3 is 2.48 bits per heavy atom. The van der Waals surface area contributed by atoms with Crippen LogP contribution in [-0.4, -0.2) is 21.9 Å². The van der Waals surface area contributed by atoms with Crippen LogP contribution in [0.4, 0.5) is 0 Å². The topological polar surface area (TPSA) is 39.9 Å². The molecule has 0 aliphatic heterocycles. The van der Waals surface area contributed by atoms with Gasteiger partial charge in [0.25, 0.3) is 0 Å². The lowest BCUT2D eigenvalue weighted by atomic mass is 10.2. The highest BCUT2D eigenvalue weighted by atomic mass is 16.5. The first-order valence-corrected chi connectivity index (χ1v) is 6.74. The van der Waals surface area contributed by atoms with E-state index in [1.54, 1.807) is 7.11 Å². The van der Waals surface area contributed by atoms with E-state index in [0.29, 0.717) is 5.88 Å². The third-order valence-corrected chi connectivity index (χ3v) is 3.56. The molecule has 0 atom stereocenters. The Labute approximate surface area is 121 Å². The normalized spacial score (nSPS) is 11.1. The fourth-order valence-corrected chi connectivity index (χ4v) is 2.59. The van der Waals surface area contributed by atoms with Crippen molar-refractivity contribution in [3.05, 3.63) is 60.8 Å². The summed E-state index contributed by atoms with van der Waals surface area (Å²) >= 11 is 0. The molecule has 2 aromatic heterocycles. The lowest BCUT2D eigenvalue weighted by molar-refractivity contribution is 0.388. The van der Waals surface area contributed by atoms with Crippen molar-refractivity contribution in [2.24, 2.45) is 0 Å². The Kier molecular flexibility index (Phi) is 2.60. The van der Waals surface area contributed by atoms with Crippen LogP contribution in [0.25, 0.3) is 27.5 Å². The third kappa shape index (κ3) is 1.76. The quantitative estimate of drug-likeness (QED) is 0.561. The van der Waals surface area contributed by atoms with Crippen molar-refractivity contribution in [3.8, 4) is 11.6 Å². The molecule has 2 heterocycles. The number of nitrogens with zero attached hydrogens (tertiary/aromatic N) is 3. The van der Waals surface area contributed by atoms with Gasteiger partial charge >= 0.3 is 0 Å². The Bertz CT molecular complexity index is 929. The molecular formula is C17H13N3O. The highest BCUT2D eigenvalue weighted by Gasteiger charge is 2.15. The maximum Gasteiger partial charge on any atom is 0.226 e. The minimum atomic E-state index is 0.703. The first-order valence-electron chi connectivity index (χ1n) is 6.74. The number of fused-ring (bicyclic) bond motifs is 3. The standard InChI is InChI=1S/C17H13N3O/c1-21-17-14-11-18-15-10-6-5-9-13(15)16(14)19-20(17)12-7-3-2-4-8-12/h2-11H,1H3. The predicted octanol–water partition coefficient (Wildman–Crippen LogP) is 3.58. The van der Waals surface area contributed by atoms with E-state index in [0.717, 1.165) is 27.5 Å². The van der Waals surface area contributed by atoms with E-state index < -0.39 is 0 Å². The molecule has 0 aliphatic carbocycles. The zero-order chi connectivity index (χ0) is 14.2. The zero-order valence-electron chi connectivity index (χ0n) is 11.5. The van der Waals surface area contributed by atoms with Crippen LogP contribution < -0.4 is 4.74 Å². The SMILES string of the molecule is COc1c2cnc3ccccc3c2nn1-c1ccccc1. The fraction of sp³-hybridized carbons (Fsp3) is 0.0588. The van der Waals surface area contributed by atoms with E-state index in [-0.39, 0.29) is 0 Å². The fourth-order valence-electron chi connectivity index (χ4n) is 2.59. The first kappa shape index (κ1) is 11.9. The van der Waals surface area contributed by atoms with E-state index in [9.17, 15) is 0 Å². The largest absolute Gasteiger partial charge is 0.480 e. The molecule has 4 aromatic rings. The summed E-state index contributed by atoms with van der Waals surface area (Å²) in [5, 5.41) is 6.68. The maximum absolute atomic E-state index is 5.56. The van der Waals surface area contributed by atoms with Gasteiger partial charge in [-0.05, 0) is 18.2 Å². The molecule has 0 fully saturated rings. The van der Waals surface area contributed by atoms with E-state index in [2.05, 4.69) is 4.98 Å². The zero-order valence-corrected chi connectivity index (χ0v) is 11.5. The Hall–Kier alpha value is -2.88. The number of aromatic nitrogens is 3. The minimum Gasteiger partial charge on any atom is -0.480 e. The highest BCUT2D eigenvalue weighted by molar-refractivity contribution is 6.05. The van der Waals surface area contributed by atoms with Crippen molar-refractivity contribution in [1.82, 2.24) is 14.8 Å². The van der Waals surface area contributed by atoms with Crippen molar-refractivity contribution in [2.45, 2.75) is 0 Å². The number of hydrogen-bond acceptors (Lipinski definition) is 3. The van der Waals surface area contributed by atoms with E-state index in [1.165, 1.54) is 0 Å². The summed E-state index contributed by atoms with van der Waals surface area (Å²) in [5.74, 6) is 0.703. The molecule has 0 saturated heterocycles. The number of hydrogen-bond donors (Lipinski definition) is 0. The maximum atomic E-state index is 5.56. The molecule has 0 radical (unpaired) electrons. The smallest absolute Gasteiger partial charge is 0.226 e. The Morgan fingerprint density at radius 2 is 1.67 bits per heavy atom. The molecule has 102 valence electrons. The van der Waals surface area contributed by atoms with Crippen LogP contribution in [0.5, 0.6) is 5.88 Å². The van der Waals surface area contributed by atoms with Crippen molar-refractivity contribution in [3.63, 3.8) is 0 Å². The molecular weight excluding hydrogens is 262 g/mol. The molecule has 0 amide bonds. The van der Waals surface area contributed by atoms with Gasteiger partial charge in [0.2, 0.25) is 5.88 Å². The van der Waals surface area contributed by atoms with Crippen molar-refractivity contribution < 1.29 is 4.74 Å². The van der Waals surface area contributed by atoms with Gasteiger partial charge in [-0.15, -0.1) is 0 Å². The van der Waals surface area contributed by atoms with Gasteiger partial charge in [0, 0.05) is 11.6 Å². The molecule has 4 rings (SSSR count). The average molecular weight is 275 g/mol. The second kappa shape index (κ2) is 4.59. The minimum absolute atomic E-state index is 0.703. The predicted molar refractivity (Wildman–Crippen MR) is 82.9 cm³/mol. The van der Waals surface area contributed by atoms with Crippen molar-refractivity contribution >= 4 is 21.8 Å². The number of ether oxygens (including phenoxy) is 1. The summed E-state index contributed by atoms with van der Waals surface area (Å²) in [7, 11) is 1.66. The van der Waals surface area contributed by atoms with Gasteiger partial charge in [0.05, 0.1) is 23.7 Å². The molecule has 4 nitrogen and oxygen atoms in total. The van der Waals surface area contributed by atoms with Crippen LogP contribution in [0.2, 0.25) is 0 Å². The summed E-state index contributed by atoms with van der Waals surface area (Å²) in [6.45, 7) is 0. The third-order valence-electron chi connectivity index (χ3n) is 3.56. The molecule has 0 spiro atoms. The summed E-state index contributed by atoms with van der Waals surface area (Å²) in [5.41, 5.74) is 2.81. The van der Waals surface area contributed by atoms with E-state index >= 15 is 0 Å². The van der Waals surface area contributed by atoms with Crippen LogP contribution in [0.3, 0.4) is 0 Å². The van der Waals surface area contributed by atoms with Gasteiger partial charge in [-0.25, -0.2) is 0 Å². The second-order valence-corrected chi connectivity index (χ2v) is 4.79. The van der Waals surface area contributed by atoms with Gasteiger partial charge in [0.15, 0.2) is 0 Å². The van der Waals surface area contributed by atoms with Gasteiger partial charge in [-0.3, -0.25) is 4.98 Å². The summed E-state index contributed by atoms with van der Waals surface area (Å²) in [6.07, 6.45) is 1.82. The first-order chi connectivity index (χ1) is 10.4. The molecule has 21 heavy (non-hydrogen) atoms. The van der Waals surface area contributed by atoms with E-state index in [4.69, 9.17) is 9.84 Å². The lowest BCUT2D eigenvalue weighted by Crippen LogP contribution is -1.99. The van der Waals surface area contributed by atoms with Gasteiger partial charge in [-0.2, -0.15) is 9.78 Å². The Morgan fingerprint density at radius 1 is 0.905 bits per heavy atom. The van der Waals surface area contributed by atoms with Crippen LogP contribution >= 0.6 is 0 Å². The van der Waals surface area contributed by atoms with Crippen LogP contribution in [-0.2, 0) is 0 Å². The monoisotopic (exact) mass is 275 g/mol. The van der Waals surface area contributed by atoms with Gasteiger partial charge < -0.3 is 4.74 Å². The number of rotatable bonds is 2. The summed E-state index contributed by atoms with van der Waals surface area (Å²) in [4.78, 5) is 4.49. The number of para-hydroxylation sites is 2. The molecule has 2 aromatic carbocycles.